The topological polar surface area (TPSA) is 116 Å². The SMILES string of the molecule is NC(=O)C(O)C(O)c1cc[nH]c(=O)c1. The summed E-state index contributed by atoms with van der Waals surface area (Å²) in [6, 6.07) is 2.45. The van der Waals surface area contributed by atoms with Crippen molar-refractivity contribution in [3.05, 3.63) is 34.2 Å². The number of rotatable bonds is 3. The summed E-state index contributed by atoms with van der Waals surface area (Å²) < 4.78 is 0. The molecule has 0 radical (unpaired) electrons. The molecule has 0 aliphatic carbocycles. The Labute approximate surface area is 79.0 Å². The Balaban J connectivity index is 2.94. The van der Waals surface area contributed by atoms with Gasteiger partial charge >= 0.3 is 0 Å². The summed E-state index contributed by atoms with van der Waals surface area (Å²) in [4.78, 5) is 23.7. The molecule has 0 bridgehead atoms. The van der Waals surface area contributed by atoms with E-state index in [1.165, 1.54) is 12.3 Å². The first kappa shape index (κ1) is 10.4. The first-order valence-corrected chi connectivity index (χ1v) is 3.86. The number of H-pyrrole nitrogens is 1. The van der Waals surface area contributed by atoms with E-state index in [0.29, 0.717) is 0 Å². The average Bonchev–Trinajstić information content (AvgIpc) is 2.15. The Morgan fingerprint density at radius 2 is 2.14 bits per heavy atom. The molecular formula is C8H10N2O4. The summed E-state index contributed by atoms with van der Waals surface area (Å²) in [6.07, 6.45) is -1.89. The molecule has 2 unspecified atom stereocenters. The number of nitrogens with one attached hydrogen (secondary N) is 1. The van der Waals surface area contributed by atoms with Gasteiger partial charge in [0.25, 0.3) is 0 Å². The number of aromatic nitrogens is 1. The summed E-state index contributed by atoms with van der Waals surface area (Å²) in [5, 5.41) is 18.5. The van der Waals surface area contributed by atoms with E-state index >= 15 is 0 Å². The number of aliphatic hydroxyl groups excluding tert-OH is 2. The molecule has 76 valence electrons. The highest BCUT2D eigenvalue weighted by Crippen LogP contribution is 2.13. The minimum absolute atomic E-state index is 0.139. The smallest absolute Gasteiger partial charge is 0.249 e. The van der Waals surface area contributed by atoms with Gasteiger partial charge in [0.1, 0.15) is 6.10 Å². The van der Waals surface area contributed by atoms with Crippen molar-refractivity contribution in [1.29, 1.82) is 0 Å². The van der Waals surface area contributed by atoms with Gasteiger partial charge in [-0.15, -0.1) is 0 Å². The van der Waals surface area contributed by atoms with Gasteiger partial charge in [-0.1, -0.05) is 0 Å². The molecule has 1 aromatic rings. The Kier molecular flexibility index (Phi) is 3.00. The first-order valence-electron chi connectivity index (χ1n) is 3.86. The molecular weight excluding hydrogens is 188 g/mol. The highest BCUT2D eigenvalue weighted by molar-refractivity contribution is 5.79. The van der Waals surface area contributed by atoms with E-state index in [1.807, 2.05) is 0 Å². The van der Waals surface area contributed by atoms with E-state index in [2.05, 4.69) is 4.98 Å². The number of hydrogen-bond donors (Lipinski definition) is 4. The second kappa shape index (κ2) is 4.03. The van der Waals surface area contributed by atoms with Crippen molar-refractivity contribution in [2.24, 2.45) is 5.73 Å². The normalized spacial score (nSPS) is 14.7. The largest absolute Gasteiger partial charge is 0.385 e. The number of pyridine rings is 1. The number of aromatic amines is 1. The zero-order valence-electron chi connectivity index (χ0n) is 7.18. The van der Waals surface area contributed by atoms with Gasteiger partial charge in [-0.3, -0.25) is 9.59 Å². The number of primary amides is 1. The third-order valence-corrected chi connectivity index (χ3v) is 1.73. The molecule has 1 aromatic heterocycles. The van der Waals surface area contributed by atoms with Crippen molar-refractivity contribution in [3.63, 3.8) is 0 Å². The van der Waals surface area contributed by atoms with Crippen LogP contribution in [0.4, 0.5) is 0 Å². The molecule has 5 N–H and O–H groups in total. The minimum Gasteiger partial charge on any atom is -0.385 e. The summed E-state index contributed by atoms with van der Waals surface area (Å²) in [6.45, 7) is 0. The number of aliphatic hydroxyl groups is 2. The molecule has 0 aromatic carbocycles. The number of hydrogen-bond acceptors (Lipinski definition) is 4. The van der Waals surface area contributed by atoms with Crippen molar-refractivity contribution in [2.75, 3.05) is 0 Å². The van der Waals surface area contributed by atoms with Crippen LogP contribution in [-0.4, -0.2) is 27.2 Å². The van der Waals surface area contributed by atoms with Crippen LogP contribution in [0.2, 0.25) is 0 Å². The number of amides is 1. The van der Waals surface area contributed by atoms with Gasteiger partial charge < -0.3 is 20.9 Å². The van der Waals surface area contributed by atoms with Crippen LogP contribution in [-0.2, 0) is 4.79 Å². The molecule has 0 saturated carbocycles. The standard InChI is InChI=1S/C8H10N2O4/c9-8(14)7(13)6(12)4-1-2-10-5(11)3-4/h1-3,6-7,12-13H,(H2,9,14)(H,10,11). The fourth-order valence-corrected chi connectivity index (χ4v) is 0.983. The van der Waals surface area contributed by atoms with E-state index in [0.717, 1.165) is 6.07 Å². The Hall–Kier alpha value is -1.66. The highest BCUT2D eigenvalue weighted by Gasteiger charge is 2.23. The predicted octanol–water partition coefficient (Wildman–Crippen LogP) is -1.75. The average molecular weight is 198 g/mol. The summed E-state index contributed by atoms with van der Waals surface area (Å²) in [5.41, 5.74) is 4.48. The maximum atomic E-state index is 10.8. The van der Waals surface area contributed by atoms with Crippen LogP contribution in [0.3, 0.4) is 0 Å². The van der Waals surface area contributed by atoms with Gasteiger partial charge in [-0.05, 0) is 11.6 Å². The monoisotopic (exact) mass is 198 g/mol. The Morgan fingerprint density at radius 3 is 2.64 bits per heavy atom. The van der Waals surface area contributed by atoms with Crippen molar-refractivity contribution in [1.82, 2.24) is 4.98 Å². The third kappa shape index (κ3) is 2.18. The molecule has 0 spiro atoms. The molecule has 14 heavy (non-hydrogen) atoms. The lowest BCUT2D eigenvalue weighted by Crippen LogP contribution is -2.34. The van der Waals surface area contributed by atoms with Crippen molar-refractivity contribution >= 4 is 5.91 Å². The first-order chi connectivity index (χ1) is 6.52. The van der Waals surface area contributed by atoms with E-state index in [9.17, 15) is 14.7 Å². The maximum Gasteiger partial charge on any atom is 0.249 e. The molecule has 1 amide bonds. The molecule has 1 heterocycles. The quantitative estimate of drug-likeness (QED) is 0.461. The predicted molar refractivity (Wildman–Crippen MR) is 47.2 cm³/mol. The number of carbonyl (C=O) groups excluding carboxylic acids is 1. The highest BCUT2D eigenvalue weighted by atomic mass is 16.3. The lowest BCUT2D eigenvalue weighted by Gasteiger charge is -2.14. The molecule has 0 aliphatic rings. The second-order valence-corrected chi connectivity index (χ2v) is 2.78. The number of carbonyl (C=O) groups is 1. The van der Waals surface area contributed by atoms with E-state index in [4.69, 9.17) is 10.8 Å². The second-order valence-electron chi connectivity index (χ2n) is 2.78. The van der Waals surface area contributed by atoms with E-state index in [1.54, 1.807) is 0 Å². The zero-order valence-corrected chi connectivity index (χ0v) is 7.18. The van der Waals surface area contributed by atoms with Crippen LogP contribution in [0.15, 0.2) is 23.1 Å². The van der Waals surface area contributed by atoms with Gasteiger partial charge in [0.2, 0.25) is 11.5 Å². The molecule has 6 heteroatoms. The van der Waals surface area contributed by atoms with Crippen molar-refractivity contribution < 1.29 is 15.0 Å². The molecule has 2 atom stereocenters. The fourth-order valence-electron chi connectivity index (χ4n) is 0.983. The van der Waals surface area contributed by atoms with Crippen LogP contribution < -0.4 is 11.3 Å². The van der Waals surface area contributed by atoms with Gasteiger partial charge in [-0.25, -0.2) is 0 Å². The lowest BCUT2D eigenvalue weighted by atomic mass is 10.1. The Morgan fingerprint density at radius 1 is 1.50 bits per heavy atom. The fraction of sp³-hybridized carbons (Fsp3) is 0.250. The van der Waals surface area contributed by atoms with Gasteiger partial charge in [0.05, 0.1) is 0 Å². The Bertz CT molecular complexity index is 387. The van der Waals surface area contributed by atoms with Crippen molar-refractivity contribution in [2.45, 2.75) is 12.2 Å². The summed E-state index contributed by atoms with van der Waals surface area (Å²) in [5.74, 6) is -1.04. The van der Waals surface area contributed by atoms with E-state index < -0.39 is 23.7 Å². The van der Waals surface area contributed by atoms with Crippen LogP contribution in [0.5, 0.6) is 0 Å². The summed E-state index contributed by atoms with van der Waals surface area (Å²) >= 11 is 0. The third-order valence-electron chi connectivity index (χ3n) is 1.73. The molecule has 0 fully saturated rings. The lowest BCUT2D eigenvalue weighted by molar-refractivity contribution is -0.131. The minimum atomic E-state index is -1.71. The van der Waals surface area contributed by atoms with Crippen LogP contribution >= 0.6 is 0 Å². The van der Waals surface area contributed by atoms with Crippen LogP contribution in [0.25, 0.3) is 0 Å². The molecule has 1 rings (SSSR count). The molecule has 0 aliphatic heterocycles. The van der Waals surface area contributed by atoms with Gasteiger partial charge in [0, 0.05) is 12.3 Å². The van der Waals surface area contributed by atoms with Gasteiger partial charge in [-0.2, -0.15) is 0 Å². The number of nitrogens with two attached hydrogens (primary N) is 1. The van der Waals surface area contributed by atoms with Gasteiger partial charge in [0.15, 0.2) is 6.10 Å². The molecule has 0 saturated heterocycles. The van der Waals surface area contributed by atoms with Crippen LogP contribution in [0, 0.1) is 0 Å². The zero-order chi connectivity index (χ0) is 10.7. The van der Waals surface area contributed by atoms with Crippen molar-refractivity contribution in [3.8, 4) is 0 Å². The van der Waals surface area contributed by atoms with E-state index in [-0.39, 0.29) is 5.56 Å². The molecule has 6 nitrogen and oxygen atoms in total. The van der Waals surface area contributed by atoms with Crippen LogP contribution in [0.1, 0.15) is 11.7 Å². The summed E-state index contributed by atoms with van der Waals surface area (Å²) in [7, 11) is 0. The maximum absolute atomic E-state index is 10.8.